The minimum Gasteiger partial charge on any atom is -0.484 e. The van der Waals surface area contributed by atoms with Crippen LogP contribution in [-0.4, -0.2) is 33.8 Å². The number of ether oxygens (including phenoxy) is 1. The van der Waals surface area contributed by atoms with Crippen molar-refractivity contribution < 1.29 is 27.2 Å². The maximum absolute atomic E-state index is 12.8. The van der Waals surface area contributed by atoms with Crippen molar-refractivity contribution in [1.29, 1.82) is 0 Å². The molecule has 29 heavy (non-hydrogen) atoms. The number of nitrogens with zero attached hydrogens (tertiary/aromatic N) is 3. The lowest BCUT2D eigenvalue weighted by Gasteiger charge is -2.28. The molecule has 0 bridgehead atoms. The van der Waals surface area contributed by atoms with Crippen LogP contribution in [0.15, 0.2) is 16.8 Å². The van der Waals surface area contributed by atoms with Crippen LogP contribution < -0.4 is 10.1 Å². The van der Waals surface area contributed by atoms with Gasteiger partial charge in [0.15, 0.2) is 12.4 Å². The number of hydrogen-bond donors (Lipinski definition) is 1. The fourth-order valence-corrected chi connectivity index (χ4v) is 2.86. The second-order valence-corrected chi connectivity index (χ2v) is 8.23. The first-order valence-corrected chi connectivity index (χ1v) is 9.24. The van der Waals surface area contributed by atoms with Gasteiger partial charge in [0, 0.05) is 24.8 Å². The van der Waals surface area contributed by atoms with Crippen LogP contribution in [0.2, 0.25) is 0 Å². The van der Waals surface area contributed by atoms with Crippen LogP contribution in [0.1, 0.15) is 73.3 Å². The summed E-state index contributed by atoms with van der Waals surface area (Å²) in [5.41, 5.74) is 0.100. The Hall–Kier alpha value is -2.65. The van der Waals surface area contributed by atoms with E-state index in [-0.39, 0.29) is 17.4 Å². The summed E-state index contributed by atoms with van der Waals surface area (Å²) in [6, 6.07) is 0.674. The van der Waals surface area contributed by atoms with Gasteiger partial charge in [-0.2, -0.15) is 18.2 Å². The Bertz CT molecular complexity index is 886. The molecule has 1 N–H and O–H groups in total. The predicted octanol–water partition coefficient (Wildman–Crippen LogP) is 4.11. The fraction of sp³-hybridized carbons (Fsp3) is 0.579. The first-order valence-electron chi connectivity index (χ1n) is 9.24. The van der Waals surface area contributed by atoms with Gasteiger partial charge in [0.1, 0.15) is 11.4 Å². The Kier molecular flexibility index (Phi) is 5.55. The van der Waals surface area contributed by atoms with Gasteiger partial charge in [-0.1, -0.05) is 25.9 Å². The Morgan fingerprint density at radius 2 is 2.03 bits per heavy atom. The monoisotopic (exact) mass is 412 g/mol. The number of alkyl halides is 3. The van der Waals surface area contributed by atoms with Crippen molar-refractivity contribution in [3.63, 3.8) is 0 Å². The van der Waals surface area contributed by atoms with Crippen molar-refractivity contribution in [1.82, 2.24) is 20.4 Å². The zero-order valence-corrected chi connectivity index (χ0v) is 16.6. The first kappa shape index (κ1) is 21.1. The van der Waals surface area contributed by atoms with E-state index in [1.54, 1.807) is 6.92 Å². The van der Waals surface area contributed by atoms with E-state index in [1.165, 1.54) is 12.3 Å². The highest BCUT2D eigenvalue weighted by Crippen LogP contribution is 2.44. The molecule has 1 aliphatic rings. The number of carbonyl (C=O) groups excluding carboxylic acids is 1. The van der Waals surface area contributed by atoms with Gasteiger partial charge in [0.2, 0.25) is 5.89 Å². The molecule has 0 radical (unpaired) electrons. The second-order valence-electron chi connectivity index (χ2n) is 8.23. The number of pyridine rings is 1. The lowest BCUT2D eigenvalue weighted by Crippen LogP contribution is -2.37. The van der Waals surface area contributed by atoms with Gasteiger partial charge in [-0.05, 0) is 24.2 Å². The zero-order valence-electron chi connectivity index (χ0n) is 16.6. The van der Waals surface area contributed by atoms with Gasteiger partial charge >= 0.3 is 6.18 Å². The molecule has 10 heteroatoms. The summed E-state index contributed by atoms with van der Waals surface area (Å²) >= 11 is 0. The predicted molar refractivity (Wildman–Crippen MR) is 96.5 cm³/mol. The highest BCUT2D eigenvalue weighted by Gasteiger charge is 2.34. The smallest absolute Gasteiger partial charge is 0.422 e. The molecule has 2 aromatic rings. The number of halogens is 3. The van der Waals surface area contributed by atoms with Crippen molar-refractivity contribution in [3.05, 3.63) is 35.2 Å². The first-order chi connectivity index (χ1) is 13.4. The summed E-state index contributed by atoms with van der Waals surface area (Å²) in [4.78, 5) is 21.1. The topological polar surface area (TPSA) is 90.1 Å². The van der Waals surface area contributed by atoms with Crippen LogP contribution in [0.5, 0.6) is 5.75 Å². The average molecular weight is 412 g/mol. The Labute approximate surface area is 166 Å². The number of aryl methyl sites for hydroxylation is 1. The minimum atomic E-state index is -4.47. The lowest BCUT2D eigenvalue weighted by atomic mass is 9.86. The molecule has 0 unspecified atom stereocenters. The third-order valence-corrected chi connectivity index (χ3v) is 4.48. The summed E-state index contributed by atoms with van der Waals surface area (Å²) in [5, 5.41) is 6.68. The lowest BCUT2D eigenvalue weighted by molar-refractivity contribution is -0.153. The van der Waals surface area contributed by atoms with Crippen molar-refractivity contribution >= 4 is 5.91 Å². The van der Waals surface area contributed by atoms with Gasteiger partial charge in [-0.3, -0.25) is 9.78 Å². The van der Waals surface area contributed by atoms with Crippen LogP contribution >= 0.6 is 0 Å². The number of aromatic nitrogens is 3. The van der Waals surface area contributed by atoms with Crippen LogP contribution in [0, 0.1) is 12.3 Å². The number of nitrogens with one attached hydrogen (secondary N) is 1. The highest BCUT2D eigenvalue weighted by molar-refractivity contribution is 5.93. The van der Waals surface area contributed by atoms with Crippen LogP contribution in [0.4, 0.5) is 13.2 Å². The average Bonchev–Trinajstić information content (AvgIpc) is 3.37. The molecule has 0 spiro atoms. The van der Waals surface area contributed by atoms with Crippen LogP contribution in [0.25, 0.3) is 0 Å². The Balaban J connectivity index is 1.83. The molecule has 0 aliphatic heterocycles. The third kappa shape index (κ3) is 5.45. The van der Waals surface area contributed by atoms with Gasteiger partial charge in [0.25, 0.3) is 5.91 Å². The van der Waals surface area contributed by atoms with Gasteiger partial charge in [-0.25, -0.2) is 0 Å². The van der Waals surface area contributed by atoms with Crippen LogP contribution in [0.3, 0.4) is 0 Å². The van der Waals surface area contributed by atoms with Crippen LogP contribution in [-0.2, 0) is 0 Å². The molecule has 7 nitrogen and oxygen atoms in total. The summed E-state index contributed by atoms with van der Waals surface area (Å²) in [5.74, 6) is 0.261. The van der Waals surface area contributed by atoms with Crippen molar-refractivity contribution in [2.45, 2.75) is 58.7 Å². The van der Waals surface area contributed by atoms with Gasteiger partial charge < -0.3 is 14.6 Å². The zero-order chi connectivity index (χ0) is 21.4. The van der Waals surface area contributed by atoms with E-state index in [0.717, 1.165) is 12.8 Å². The largest absolute Gasteiger partial charge is 0.484 e. The SMILES string of the molecule is Cc1nc([C@@H](NC(=O)c2cc(OCC(F)(F)F)c(C3CC3)cn2)C(C)(C)C)no1. The molecule has 1 atom stereocenters. The molecular formula is C19H23F3N4O3. The van der Waals surface area contributed by atoms with E-state index < -0.39 is 30.1 Å². The molecule has 2 heterocycles. The Morgan fingerprint density at radius 3 is 2.55 bits per heavy atom. The maximum atomic E-state index is 12.8. The van der Waals surface area contributed by atoms with E-state index in [4.69, 9.17) is 9.26 Å². The number of amides is 1. The summed E-state index contributed by atoms with van der Waals surface area (Å²) in [7, 11) is 0. The van der Waals surface area contributed by atoms with Crippen molar-refractivity contribution in [3.8, 4) is 5.75 Å². The summed E-state index contributed by atoms with van der Waals surface area (Å²) in [6.45, 7) is 5.90. The third-order valence-electron chi connectivity index (χ3n) is 4.48. The van der Waals surface area contributed by atoms with E-state index in [2.05, 4.69) is 20.4 Å². The quantitative estimate of drug-likeness (QED) is 0.768. The van der Waals surface area contributed by atoms with E-state index >= 15 is 0 Å². The molecule has 0 saturated heterocycles. The number of rotatable bonds is 6. The summed E-state index contributed by atoms with van der Waals surface area (Å²) in [6.07, 6.45) is -1.33. The van der Waals surface area contributed by atoms with Gasteiger partial charge in [0.05, 0.1) is 6.04 Å². The fourth-order valence-electron chi connectivity index (χ4n) is 2.86. The van der Waals surface area contributed by atoms with Gasteiger partial charge in [-0.15, -0.1) is 0 Å². The number of hydrogen-bond acceptors (Lipinski definition) is 6. The molecule has 1 fully saturated rings. The molecule has 1 aliphatic carbocycles. The standard InChI is InChI=1S/C19H23F3N4O3/c1-10-24-16(26-29-10)15(18(2,3)4)25-17(27)13-7-14(28-9-19(20,21)22)12(8-23-13)11-5-6-11/h7-8,11,15H,5-6,9H2,1-4H3,(H,25,27)/t15-/m1/s1. The maximum Gasteiger partial charge on any atom is 0.422 e. The normalized spacial score (nSPS) is 15.8. The van der Waals surface area contributed by atoms with Crippen molar-refractivity contribution in [2.75, 3.05) is 6.61 Å². The second kappa shape index (κ2) is 7.64. The highest BCUT2D eigenvalue weighted by atomic mass is 19.4. The molecule has 2 aromatic heterocycles. The van der Waals surface area contributed by atoms with Crippen molar-refractivity contribution in [2.24, 2.45) is 5.41 Å². The molecule has 3 rings (SSSR count). The summed E-state index contributed by atoms with van der Waals surface area (Å²) < 4.78 is 47.8. The molecule has 1 amide bonds. The van der Waals surface area contributed by atoms with E-state index in [1.807, 2.05) is 20.8 Å². The van der Waals surface area contributed by atoms with E-state index in [0.29, 0.717) is 17.3 Å². The van der Waals surface area contributed by atoms with E-state index in [9.17, 15) is 18.0 Å². The minimum absolute atomic E-state index is 0.0349. The molecule has 158 valence electrons. The molecular weight excluding hydrogens is 389 g/mol. The number of carbonyl (C=O) groups is 1. The molecule has 0 aromatic carbocycles. The molecule has 1 saturated carbocycles. The Morgan fingerprint density at radius 1 is 1.34 bits per heavy atom.